The average molecular weight is 577 g/mol. The quantitative estimate of drug-likeness (QED) is 0.0476. The number of rotatable bonds is 27. The zero-order valence-electron chi connectivity index (χ0n) is 24.5. The number of aliphatic hydroxyl groups is 2. The van der Waals surface area contributed by atoms with Crippen LogP contribution in [0.3, 0.4) is 0 Å². The van der Waals surface area contributed by atoms with E-state index in [9.17, 15) is 24.5 Å². The zero-order chi connectivity index (χ0) is 29.2. The van der Waals surface area contributed by atoms with Crippen molar-refractivity contribution >= 4 is 13.7 Å². The first kappa shape index (κ1) is 37.9. The standard InChI is InChI=1S/C29H57N2O7P/c1-3-5-7-9-11-13-15-17-19-21-28(33)27(25-38-39(35,36)37-23-22-30)31-29(34)24-26(32)20-18-16-14-12-10-8-6-4-2/h10,12,19,21,26-28,32-33H,3-9,11,13-18,20,22-25,30H2,1-2H3,(H,31,34)(H,35,36)/b12-10-,21-19+. The van der Waals surface area contributed by atoms with Crippen LogP contribution in [0.4, 0.5) is 0 Å². The highest BCUT2D eigenvalue weighted by atomic mass is 31.2. The summed E-state index contributed by atoms with van der Waals surface area (Å²) in [4.78, 5) is 22.4. The van der Waals surface area contributed by atoms with Gasteiger partial charge in [0.15, 0.2) is 0 Å². The fraction of sp³-hybridized carbons (Fsp3) is 0.828. The number of nitrogens with two attached hydrogens (primary N) is 1. The van der Waals surface area contributed by atoms with Crippen molar-refractivity contribution in [3.05, 3.63) is 24.3 Å². The van der Waals surface area contributed by atoms with Gasteiger partial charge in [0, 0.05) is 6.54 Å². The van der Waals surface area contributed by atoms with Gasteiger partial charge < -0.3 is 26.2 Å². The van der Waals surface area contributed by atoms with Crippen LogP contribution in [-0.4, -0.2) is 59.0 Å². The minimum atomic E-state index is -4.38. The number of aliphatic hydroxyl groups excluding tert-OH is 2. The molecule has 9 nitrogen and oxygen atoms in total. The van der Waals surface area contributed by atoms with Gasteiger partial charge in [0.1, 0.15) is 0 Å². The van der Waals surface area contributed by atoms with Crippen LogP contribution in [0.15, 0.2) is 24.3 Å². The largest absolute Gasteiger partial charge is 0.472 e. The molecule has 0 aliphatic rings. The average Bonchev–Trinajstić information content (AvgIpc) is 2.90. The Hall–Kier alpha value is -1.06. The van der Waals surface area contributed by atoms with Gasteiger partial charge in [-0.15, -0.1) is 0 Å². The number of hydrogen-bond acceptors (Lipinski definition) is 7. The molecule has 0 bridgehead atoms. The molecule has 0 aromatic carbocycles. The predicted molar refractivity (Wildman–Crippen MR) is 158 cm³/mol. The van der Waals surface area contributed by atoms with E-state index >= 15 is 0 Å². The number of phosphoric acid groups is 1. The van der Waals surface area contributed by atoms with E-state index in [1.165, 1.54) is 44.9 Å². The number of hydrogen-bond donors (Lipinski definition) is 5. The minimum Gasteiger partial charge on any atom is -0.393 e. The molecule has 10 heteroatoms. The maximum Gasteiger partial charge on any atom is 0.472 e. The van der Waals surface area contributed by atoms with E-state index < -0.39 is 38.6 Å². The summed E-state index contributed by atoms with van der Waals surface area (Å²) < 4.78 is 21.8. The van der Waals surface area contributed by atoms with Crippen LogP contribution in [0.2, 0.25) is 0 Å². The number of unbranched alkanes of at least 4 members (excludes halogenated alkanes) is 11. The van der Waals surface area contributed by atoms with Crippen molar-refractivity contribution in [2.24, 2.45) is 5.73 Å². The van der Waals surface area contributed by atoms with Gasteiger partial charge in [0.2, 0.25) is 5.91 Å². The molecule has 230 valence electrons. The zero-order valence-corrected chi connectivity index (χ0v) is 25.4. The van der Waals surface area contributed by atoms with Gasteiger partial charge >= 0.3 is 7.82 Å². The molecule has 0 spiro atoms. The Morgan fingerprint density at radius 2 is 1.46 bits per heavy atom. The fourth-order valence-electron chi connectivity index (χ4n) is 3.98. The second-order valence-electron chi connectivity index (χ2n) is 10.1. The molecule has 0 radical (unpaired) electrons. The molecule has 0 aliphatic carbocycles. The van der Waals surface area contributed by atoms with Crippen molar-refractivity contribution < 1.29 is 33.5 Å². The third-order valence-corrected chi connectivity index (χ3v) is 7.31. The van der Waals surface area contributed by atoms with Gasteiger partial charge in [-0.2, -0.15) is 0 Å². The highest BCUT2D eigenvalue weighted by molar-refractivity contribution is 7.47. The van der Waals surface area contributed by atoms with Crippen LogP contribution >= 0.6 is 7.82 Å². The highest BCUT2D eigenvalue weighted by Gasteiger charge is 2.27. The second-order valence-corrected chi connectivity index (χ2v) is 11.6. The number of allylic oxidation sites excluding steroid dienone is 3. The van der Waals surface area contributed by atoms with Crippen molar-refractivity contribution in [3.63, 3.8) is 0 Å². The monoisotopic (exact) mass is 576 g/mol. The van der Waals surface area contributed by atoms with Crippen LogP contribution in [0.1, 0.15) is 117 Å². The summed E-state index contributed by atoms with van der Waals surface area (Å²) in [5.74, 6) is -0.467. The number of amides is 1. The Bertz CT molecular complexity index is 691. The molecule has 0 aliphatic heterocycles. The molecule has 0 rings (SSSR count). The Balaban J connectivity index is 4.67. The maximum absolute atomic E-state index is 12.6. The molecular formula is C29H57N2O7P. The smallest absolute Gasteiger partial charge is 0.393 e. The van der Waals surface area contributed by atoms with Crippen LogP contribution < -0.4 is 11.1 Å². The Morgan fingerprint density at radius 1 is 0.872 bits per heavy atom. The molecule has 1 amide bonds. The van der Waals surface area contributed by atoms with Gasteiger partial charge in [-0.1, -0.05) is 95.9 Å². The van der Waals surface area contributed by atoms with Gasteiger partial charge in [0.25, 0.3) is 0 Å². The molecule has 0 saturated heterocycles. The lowest BCUT2D eigenvalue weighted by Gasteiger charge is -2.24. The van der Waals surface area contributed by atoms with E-state index in [0.717, 1.165) is 44.9 Å². The second kappa shape index (κ2) is 25.9. The molecule has 0 fully saturated rings. The summed E-state index contributed by atoms with van der Waals surface area (Å²) in [7, 11) is -4.38. The fourth-order valence-corrected chi connectivity index (χ4v) is 4.74. The summed E-state index contributed by atoms with van der Waals surface area (Å²) in [6, 6.07) is -0.981. The Kier molecular flexibility index (Phi) is 25.2. The van der Waals surface area contributed by atoms with Crippen molar-refractivity contribution in [2.75, 3.05) is 19.8 Å². The van der Waals surface area contributed by atoms with E-state index in [0.29, 0.717) is 6.42 Å². The van der Waals surface area contributed by atoms with E-state index in [-0.39, 0.29) is 19.6 Å². The first-order chi connectivity index (χ1) is 18.8. The number of carbonyl (C=O) groups is 1. The van der Waals surface area contributed by atoms with Crippen LogP contribution in [0, 0.1) is 0 Å². The van der Waals surface area contributed by atoms with Crippen LogP contribution in [0.25, 0.3) is 0 Å². The molecule has 6 N–H and O–H groups in total. The van der Waals surface area contributed by atoms with E-state index in [4.69, 9.17) is 14.8 Å². The molecular weight excluding hydrogens is 519 g/mol. The highest BCUT2D eigenvalue weighted by Crippen LogP contribution is 2.43. The predicted octanol–water partition coefficient (Wildman–Crippen LogP) is 5.68. The van der Waals surface area contributed by atoms with Gasteiger partial charge in [-0.05, 0) is 38.5 Å². The topological polar surface area (TPSA) is 151 Å². The summed E-state index contributed by atoms with van der Waals surface area (Å²) in [6.45, 7) is 3.81. The lowest BCUT2D eigenvalue weighted by molar-refractivity contribution is -0.124. The third kappa shape index (κ3) is 24.5. The van der Waals surface area contributed by atoms with Gasteiger partial charge in [-0.3, -0.25) is 13.8 Å². The summed E-state index contributed by atoms with van der Waals surface area (Å²) in [5, 5.41) is 23.6. The third-order valence-electron chi connectivity index (χ3n) is 6.33. The number of nitrogens with one attached hydrogen (secondary N) is 1. The molecule has 0 heterocycles. The van der Waals surface area contributed by atoms with E-state index in [1.807, 2.05) is 6.08 Å². The van der Waals surface area contributed by atoms with Gasteiger partial charge in [0.05, 0.1) is 37.9 Å². The molecule has 0 aromatic rings. The maximum atomic E-state index is 12.6. The lowest BCUT2D eigenvalue weighted by atomic mass is 10.1. The first-order valence-electron chi connectivity index (χ1n) is 15.0. The molecule has 0 aromatic heterocycles. The molecule has 39 heavy (non-hydrogen) atoms. The number of carbonyl (C=O) groups excluding carboxylic acids is 1. The minimum absolute atomic E-state index is 0.0467. The Morgan fingerprint density at radius 3 is 2.13 bits per heavy atom. The normalized spacial score (nSPS) is 15.9. The van der Waals surface area contributed by atoms with Crippen LogP contribution in [0.5, 0.6) is 0 Å². The molecule has 4 unspecified atom stereocenters. The first-order valence-corrected chi connectivity index (χ1v) is 16.5. The molecule has 0 saturated carbocycles. The Labute approximate surface area is 237 Å². The van der Waals surface area contributed by atoms with Crippen molar-refractivity contribution in [1.82, 2.24) is 5.32 Å². The van der Waals surface area contributed by atoms with E-state index in [2.05, 4.69) is 31.3 Å². The SMILES string of the molecule is CCCC/C=C\CCCCC(O)CC(=O)NC(COP(=O)(O)OCCN)C(O)/C=C/CCCCCCCCC. The van der Waals surface area contributed by atoms with E-state index in [1.54, 1.807) is 6.08 Å². The van der Waals surface area contributed by atoms with Crippen LogP contribution in [-0.2, 0) is 18.4 Å². The summed E-state index contributed by atoms with van der Waals surface area (Å²) in [5.41, 5.74) is 5.30. The molecule has 4 atom stereocenters. The lowest BCUT2D eigenvalue weighted by Crippen LogP contribution is -2.46. The number of phosphoric ester groups is 1. The summed E-state index contributed by atoms with van der Waals surface area (Å²) >= 11 is 0. The van der Waals surface area contributed by atoms with Gasteiger partial charge in [-0.25, -0.2) is 4.57 Å². The summed E-state index contributed by atoms with van der Waals surface area (Å²) in [6.07, 6.45) is 21.5. The van der Waals surface area contributed by atoms with Crippen molar-refractivity contribution in [3.8, 4) is 0 Å². The van der Waals surface area contributed by atoms with Crippen molar-refractivity contribution in [2.45, 2.75) is 135 Å². The van der Waals surface area contributed by atoms with Crippen molar-refractivity contribution in [1.29, 1.82) is 0 Å².